The summed E-state index contributed by atoms with van der Waals surface area (Å²) in [5.41, 5.74) is 2.15. The van der Waals surface area contributed by atoms with E-state index in [2.05, 4.69) is 54.6 Å². The minimum atomic E-state index is -2.18. The number of methoxy groups -OCH3 is 1. The molecular formula is C36H58O6Si. The highest BCUT2D eigenvalue weighted by atomic mass is 28.4. The first-order valence-corrected chi connectivity index (χ1v) is 18.7. The Hall–Kier alpha value is -2.03. The summed E-state index contributed by atoms with van der Waals surface area (Å²) < 4.78 is 24.6. The van der Waals surface area contributed by atoms with Crippen LogP contribution in [-0.4, -0.2) is 51.2 Å². The topological polar surface area (TPSA) is 74.2 Å². The molecule has 242 valence electrons. The zero-order valence-corrected chi connectivity index (χ0v) is 29.6. The van der Waals surface area contributed by atoms with Crippen LogP contribution < -0.4 is 4.74 Å². The van der Waals surface area contributed by atoms with Crippen LogP contribution in [0.15, 0.2) is 54.6 Å². The van der Waals surface area contributed by atoms with Crippen LogP contribution in [0.3, 0.4) is 0 Å². The molecule has 6 nitrogen and oxygen atoms in total. The van der Waals surface area contributed by atoms with E-state index in [0.29, 0.717) is 19.8 Å². The highest BCUT2D eigenvalue weighted by Gasteiger charge is 2.43. The summed E-state index contributed by atoms with van der Waals surface area (Å²) >= 11 is 0. The lowest BCUT2D eigenvalue weighted by Gasteiger charge is -2.42. The number of carbonyl (C=O) groups excluding carboxylic acids is 1. The summed E-state index contributed by atoms with van der Waals surface area (Å²) in [6.07, 6.45) is -1.27. The van der Waals surface area contributed by atoms with E-state index in [-0.39, 0.29) is 53.1 Å². The van der Waals surface area contributed by atoms with Gasteiger partial charge in [0.05, 0.1) is 45.2 Å². The summed E-state index contributed by atoms with van der Waals surface area (Å²) in [5.74, 6) is 0.378. The maximum Gasteiger partial charge on any atom is 0.192 e. The highest BCUT2D eigenvalue weighted by Crippen LogP contribution is 2.39. The minimum absolute atomic E-state index is 0.00162. The summed E-state index contributed by atoms with van der Waals surface area (Å²) in [5, 5.41) is 11.3. The fourth-order valence-corrected chi connectivity index (χ4v) is 6.58. The van der Waals surface area contributed by atoms with E-state index < -0.39 is 14.4 Å². The van der Waals surface area contributed by atoms with Gasteiger partial charge in [0.2, 0.25) is 0 Å². The molecule has 7 heteroatoms. The van der Waals surface area contributed by atoms with Crippen molar-refractivity contribution >= 4 is 14.1 Å². The Morgan fingerprint density at radius 2 is 1.44 bits per heavy atom. The molecule has 1 N–H and O–H groups in total. The molecule has 0 unspecified atom stereocenters. The second kappa shape index (κ2) is 16.9. The Morgan fingerprint density at radius 3 is 1.98 bits per heavy atom. The molecule has 43 heavy (non-hydrogen) atoms. The molecule has 0 saturated heterocycles. The number of ketones is 1. The van der Waals surface area contributed by atoms with Gasteiger partial charge in [-0.1, -0.05) is 97.9 Å². The van der Waals surface area contributed by atoms with Crippen molar-refractivity contribution in [1.29, 1.82) is 0 Å². The van der Waals surface area contributed by atoms with Gasteiger partial charge in [0.1, 0.15) is 11.5 Å². The van der Waals surface area contributed by atoms with Crippen LogP contribution in [0.1, 0.15) is 72.9 Å². The van der Waals surface area contributed by atoms with E-state index in [1.807, 2.05) is 68.4 Å². The first-order valence-electron chi connectivity index (χ1n) is 15.8. The fraction of sp³-hybridized carbons (Fsp3) is 0.639. The molecule has 2 aromatic rings. The van der Waals surface area contributed by atoms with E-state index in [1.165, 1.54) is 0 Å². The van der Waals surface area contributed by atoms with E-state index in [1.54, 1.807) is 7.11 Å². The van der Waals surface area contributed by atoms with Crippen LogP contribution in [0.25, 0.3) is 0 Å². The van der Waals surface area contributed by atoms with Gasteiger partial charge in [-0.2, -0.15) is 0 Å². The second-order valence-electron chi connectivity index (χ2n) is 14.1. The van der Waals surface area contributed by atoms with Gasteiger partial charge in [-0.05, 0) is 47.3 Å². The molecule has 0 aliphatic carbocycles. The lowest BCUT2D eigenvalue weighted by Crippen LogP contribution is -2.49. The van der Waals surface area contributed by atoms with Crippen LogP contribution in [0, 0.1) is 23.7 Å². The highest BCUT2D eigenvalue weighted by molar-refractivity contribution is 6.74. The van der Waals surface area contributed by atoms with Crippen molar-refractivity contribution in [3.05, 3.63) is 65.7 Å². The summed E-state index contributed by atoms with van der Waals surface area (Å²) in [6.45, 7) is 22.7. The Labute approximate surface area is 262 Å². The number of aliphatic hydroxyl groups excluding tert-OH is 1. The first kappa shape index (κ1) is 37.2. The van der Waals surface area contributed by atoms with Gasteiger partial charge in [0.15, 0.2) is 8.32 Å². The van der Waals surface area contributed by atoms with E-state index in [0.717, 1.165) is 16.9 Å². The smallest absolute Gasteiger partial charge is 0.192 e. The summed E-state index contributed by atoms with van der Waals surface area (Å²) in [4.78, 5) is 13.7. The van der Waals surface area contributed by atoms with E-state index in [9.17, 15) is 9.90 Å². The molecule has 0 aromatic heterocycles. The maximum absolute atomic E-state index is 13.7. The Bertz CT molecular complexity index is 1080. The third kappa shape index (κ3) is 11.4. The molecule has 2 rings (SSSR count). The van der Waals surface area contributed by atoms with Crippen molar-refractivity contribution in [3.8, 4) is 5.75 Å². The molecule has 0 bridgehead atoms. The van der Waals surface area contributed by atoms with Gasteiger partial charge in [-0.3, -0.25) is 4.79 Å². The van der Waals surface area contributed by atoms with Crippen LogP contribution in [0.4, 0.5) is 0 Å². The van der Waals surface area contributed by atoms with Crippen molar-refractivity contribution in [3.63, 3.8) is 0 Å². The Balaban J connectivity index is 2.10. The molecule has 0 spiro atoms. The average molecular weight is 615 g/mol. The minimum Gasteiger partial charge on any atom is -0.497 e. The molecule has 0 aliphatic rings. The number of hydrogen-bond acceptors (Lipinski definition) is 6. The zero-order chi connectivity index (χ0) is 32.4. The molecule has 0 aliphatic heterocycles. The summed E-state index contributed by atoms with van der Waals surface area (Å²) in [6, 6.07) is 17.9. The molecule has 0 radical (unpaired) electrons. The number of ether oxygens (including phenoxy) is 3. The Morgan fingerprint density at radius 1 is 0.860 bits per heavy atom. The van der Waals surface area contributed by atoms with Crippen molar-refractivity contribution in [2.75, 3.05) is 13.7 Å². The molecule has 6 atom stereocenters. The van der Waals surface area contributed by atoms with Crippen molar-refractivity contribution in [2.24, 2.45) is 23.7 Å². The van der Waals surface area contributed by atoms with Gasteiger partial charge in [-0.15, -0.1) is 0 Å². The third-order valence-corrected chi connectivity index (χ3v) is 13.6. The number of benzene rings is 2. The van der Waals surface area contributed by atoms with Crippen LogP contribution in [0.2, 0.25) is 18.1 Å². The predicted octanol–water partition coefficient (Wildman–Crippen LogP) is 8.07. The average Bonchev–Trinajstić information content (AvgIpc) is 2.95. The van der Waals surface area contributed by atoms with E-state index >= 15 is 0 Å². The number of hydrogen-bond donors (Lipinski definition) is 1. The van der Waals surface area contributed by atoms with Crippen LogP contribution in [-0.2, 0) is 31.9 Å². The maximum atomic E-state index is 13.7. The normalized spacial score (nSPS) is 16.8. The van der Waals surface area contributed by atoms with E-state index in [4.69, 9.17) is 18.6 Å². The number of Topliss-reactive ketones (excluding diaryl/α,β-unsaturated/α-hetero) is 1. The van der Waals surface area contributed by atoms with Gasteiger partial charge < -0.3 is 23.7 Å². The number of carbonyl (C=O) groups is 1. The molecule has 0 heterocycles. The molecular weight excluding hydrogens is 556 g/mol. The van der Waals surface area contributed by atoms with Gasteiger partial charge >= 0.3 is 0 Å². The molecule has 2 aromatic carbocycles. The summed E-state index contributed by atoms with van der Waals surface area (Å²) in [7, 11) is -0.538. The SMILES string of the molecule is COc1ccc(CO[C@H](C(C)C)[C@@H](C)[C@@H](O)CC(=O)[C@H](C)[C@@H](O[Si](C)(C)C(C)(C)C)[C@@H](C)COCc2ccccc2)cc1. The standard InChI is InChI=1S/C36H58O6Si/c1-25(2)34(41-24-30-17-19-31(39-9)20-18-30)27(4)32(37)21-33(38)28(5)35(42-43(10,11)36(6,7)8)26(3)22-40-23-29-15-13-12-14-16-29/h12-20,25-28,32,34-35,37H,21-24H2,1-11H3/t26-,27-,28-,32-,34+,35-/m0/s1. The monoisotopic (exact) mass is 614 g/mol. The van der Waals surface area contributed by atoms with Gasteiger partial charge in [0, 0.05) is 24.2 Å². The van der Waals surface area contributed by atoms with Crippen LogP contribution >= 0.6 is 0 Å². The fourth-order valence-electron chi connectivity index (χ4n) is 5.11. The molecule has 0 saturated carbocycles. The van der Waals surface area contributed by atoms with Crippen molar-refractivity contribution in [1.82, 2.24) is 0 Å². The molecule has 0 fully saturated rings. The van der Waals surface area contributed by atoms with Crippen molar-refractivity contribution < 1.29 is 28.5 Å². The predicted molar refractivity (Wildman–Crippen MR) is 178 cm³/mol. The van der Waals surface area contributed by atoms with Crippen molar-refractivity contribution in [2.45, 2.75) is 111 Å². The largest absolute Gasteiger partial charge is 0.497 e. The zero-order valence-electron chi connectivity index (χ0n) is 28.6. The molecule has 0 amide bonds. The Kier molecular flexibility index (Phi) is 14.6. The van der Waals surface area contributed by atoms with Gasteiger partial charge in [-0.25, -0.2) is 0 Å². The lowest BCUT2D eigenvalue weighted by molar-refractivity contribution is -0.131. The first-order chi connectivity index (χ1) is 20.1. The number of rotatable bonds is 18. The lowest BCUT2D eigenvalue weighted by atomic mass is 9.84. The second-order valence-corrected chi connectivity index (χ2v) is 18.8. The van der Waals surface area contributed by atoms with Gasteiger partial charge in [0.25, 0.3) is 0 Å². The third-order valence-electron chi connectivity index (χ3n) is 9.08. The number of aliphatic hydroxyl groups is 1. The quantitative estimate of drug-likeness (QED) is 0.171. The van der Waals surface area contributed by atoms with Crippen LogP contribution in [0.5, 0.6) is 5.75 Å².